The molecule has 0 aliphatic heterocycles. The molecule has 0 radical (unpaired) electrons. The SMILES string of the molecule is CCOC(=O)c1csc(NC(=O)c2ccno2)n1. The van der Waals surface area contributed by atoms with Gasteiger partial charge in [0, 0.05) is 11.4 Å². The average molecular weight is 267 g/mol. The highest BCUT2D eigenvalue weighted by molar-refractivity contribution is 7.14. The standard InChI is InChI=1S/C10H9N3O4S/c1-2-16-9(15)6-5-18-10(12-6)13-8(14)7-3-4-11-17-7/h3-5H,2H2,1H3,(H,12,13,14). The van der Waals surface area contributed by atoms with Crippen LogP contribution in [-0.4, -0.2) is 28.6 Å². The fourth-order valence-corrected chi connectivity index (χ4v) is 1.80. The Labute approximate surface area is 106 Å². The Kier molecular flexibility index (Phi) is 3.68. The summed E-state index contributed by atoms with van der Waals surface area (Å²) < 4.78 is 9.47. The third-order valence-electron chi connectivity index (χ3n) is 1.87. The maximum absolute atomic E-state index is 11.6. The molecular formula is C10H9N3O4S. The zero-order chi connectivity index (χ0) is 13.0. The van der Waals surface area contributed by atoms with Crippen molar-refractivity contribution in [3.8, 4) is 0 Å². The van der Waals surface area contributed by atoms with Crippen molar-refractivity contribution in [3.63, 3.8) is 0 Å². The van der Waals surface area contributed by atoms with Crippen molar-refractivity contribution in [2.45, 2.75) is 6.92 Å². The van der Waals surface area contributed by atoms with Gasteiger partial charge in [0.05, 0.1) is 12.8 Å². The molecule has 0 fully saturated rings. The van der Waals surface area contributed by atoms with Crippen molar-refractivity contribution in [2.75, 3.05) is 11.9 Å². The minimum atomic E-state index is -0.520. The summed E-state index contributed by atoms with van der Waals surface area (Å²) in [4.78, 5) is 26.9. The summed E-state index contributed by atoms with van der Waals surface area (Å²) in [6.07, 6.45) is 1.36. The van der Waals surface area contributed by atoms with Crippen molar-refractivity contribution < 1.29 is 18.8 Å². The number of nitrogens with one attached hydrogen (secondary N) is 1. The monoisotopic (exact) mass is 267 g/mol. The molecule has 2 aromatic heterocycles. The Hall–Kier alpha value is -2.22. The van der Waals surface area contributed by atoms with E-state index in [0.717, 1.165) is 11.3 Å². The van der Waals surface area contributed by atoms with Crippen molar-refractivity contribution in [2.24, 2.45) is 0 Å². The zero-order valence-electron chi connectivity index (χ0n) is 9.37. The number of anilines is 1. The molecule has 0 saturated carbocycles. The molecule has 0 aliphatic carbocycles. The fraction of sp³-hybridized carbons (Fsp3) is 0.200. The van der Waals surface area contributed by atoms with E-state index >= 15 is 0 Å². The van der Waals surface area contributed by atoms with Crippen LogP contribution in [0.1, 0.15) is 28.0 Å². The van der Waals surface area contributed by atoms with Gasteiger partial charge in [-0.25, -0.2) is 9.78 Å². The maximum atomic E-state index is 11.6. The summed E-state index contributed by atoms with van der Waals surface area (Å²) in [5, 5.41) is 7.70. The molecule has 0 bridgehead atoms. The summed E-state index contributed by atoms with van der Waals surface area (Å²) in [5.74, 6) is -0.922. The molecule has 2 heterocycles. The number of hydrogen-bond acceptors (Lipinski definition) is 7. The summed E-state index contributed by atoms with van der Waals surface area (Å²) >= 11 is 1.12. The molecular weight excluding hydrogens is 258 g/mol. The Morgan fingerprint density at radius 2 is 2.39 bits per heavy atom. The first kappa shape index (κ1) is 12.2. The molecule has 0 saturated heterocycles. The third kappa shape index (κ3) is 2.72. The molecule has 2 aromatic rings. The van der Waals surface area contributed by atoms with Gasteiger partial charge < -0.3 is 9.26 Å². The van der Waals surface area contributed by atoms with E-state index in [0.29, 0.717) is 5.13 Å². The van der Waals surface area contributed by atoms with Gasteiger partial charge in [0.25, 0.3) is 5.91 Å². The molecule has 0 unspecified atom stereocenters. The van der Waals surface area contributed by atoms with E-state index in [1.165, 1.54) is 17.6 Å². The largest absolute Gasteiger partial charge is 0.461 e. The van der Waals surface area contributed by atoms with Crippen LogP contribution in [0.3, 0.4) is 0 Å². The lowest BCUT2D eigenvalue weighted by atomic mass is 10.4. The van der Waals surface area contributed by atoms with Crippen LogP contribution in [-0.2, 0) is 4.74 Å². The number of nitrogens with zero attached hydrogens (tertiary/aromatic N) is 2. The van der Waals surface area contributed by atoms with E-state index in [1.807, 2.05) is 0 Å². The fourth-order valence-electron chi connectivity index (χ4n) is 1.12. The number of aromatic nitrogens is 2. The van der Waals surface area contributed by atoms with Crippen LogP contribution in [0.25, 0.3) is 0 Å². The normalized spacial score (nSPS) is 10.1. The molecule has 1 amide bonds. The first-order valence-corrected chi connectivity index (χ1v) is 5.93. The molecule has 94 valence electrons. The summed E-state index contributed by atoms with van der Waals surface area (Å²) in [5.41, 5.74) is 0.162. The van der Waals surface area contributed by atoms with Crippen LogP contribution in [0.2, 0.25) is 0 Å². The molecule has 2 rings (SSSR count). The molecule has 1 N–H and O–H groups in total. The number of thiazole rings is 1. The molecule has 8 heteroatoms. The highest BCUT2D eigenvalue weighted by atomic mass is 32.1. The van der Waals surface area contributed by atoms with Gasteiger partial charge >= 0.3 is 5.97 Å². The van der Waals surface area contributed by atoms with Gasteiger partial charge in [-0.05, 0) is 6.92 Å². The van der Waals surface area contributed by atoms with E-state index in [4.69, 9.17) is 4.74 Å². The van der Waals surface area contributed by atoms with Crippen LogP contribution < -0.4 is 5.32 Å². The minimum absolute atomic E-state index is 0.0721. The second-order valence-electron chi connectivity index (χ2n) is 3.09. The van der Waals surface area contributed by atoms with E-state index in [-0.39, 0.29) is 18.1 Å². The van der Waals surface area contributed by atoms with Crippen LogP contribution in [0.15, 0.2) is 22.2 Å². The van der Waals surface area contributed by atoms with Crippen LogP contribution in [0.4, 0.5) is 5.13 Å². The van der Waals surface area contributed by atoms with Gasteiger partial charge in [0.15, 0.2) is 10.8 Å². The first-order chi connectivity index (χ1) is 8.70. The number of carbonyl (C=O) groups is 2. The lowest BCUT2D eigenvalue weighted by Crippen LogP contribution is -2.11. The van der Waals surface area contributed by atoms with Gasteiger partial charge in [-0.15, -0.1) is 11.3 Å². The number of hydrogen-bond donors (Lipinski definition) is 1. The lowest BCUT2D eigenvalue weighted by molar-refractivity contribution is 0.0520. The Bertz CT molecular complexity index is 549. The van der Waals surface area contributed by atoms with Crippen LogP contribution in [0.5, 0.6) is 0 Å². The van der Waals surface area contributed by atoms with Crippen molar-refractivity contribution in [1.82, 2.24) is 10.1 Å². The molecule has 0 aliphatic rings. The second-order valence-corrected chi connectivity index (χ2v) is 3.95. The van der Waals surface area contributed by atoms with Crippen molar-refractivity contribution in [3.05, 3.63) is 29.1 Å². The van der Waals surface area contributed by atoms with Gasteiger partial charge in [-0.3, -0.25) is 10.1 Å². The van der Waals surface area contributed by atoms with Gasteiger partial charge in [0.1, 0.15) is 0 Å². The topological polar surface area (TPSA) is 94.3 Å². The van der Waals surface area contributed by atoms with E-state index < -0.39 is 11.9 Å². The summed E-state index contributed by atoms with van der Waals surface area (Å²) in [6.45, 7) is 1.98. The molecule has 0 spiro atoms. The number of carbonyl (C=O) groups excluding carboxylic acids is 2. The number of ether oxygens (including phenoxy) is 1. The van der Waals surface area contributed by atoms with Crippen molar-refractivity contribution in [1.29, 1.82) is 0 Å². The lowest BCUT2D eigenvalue weighted by Gasteiger charge is -1.97. The van der Waals surface area contributed by atoms with Crippen LogP contribution >= 0.6 is 11.3 Å². The van der Waals surface area contributed by atoms with E-state index in [1.54, 1.807) is 6.92 Å². The maximum Gasteiger partial charge on any atom is 0.357 e. The summed E-state index contributed by atoms with van der Waals surface area (Å²) in [7, 11) is 0. The van der Waals surface area contributed by atoms with E-state index in [9.17, 15) is 9.59 Å². The van der Waals surface area contributed by atoms with Gasteiger partial charge in [0.2, 0.25) is 5.76 Å². The Morgan fingerprint density at radius 3 is 3.06 bits per heavy atom. The molecule has 0 atom stereocenters. The summed E-state index contributed by atoms with van der Waals surface area (Å²) in [6, 6.07) is 1.43. The van der Waals surface area contributed by atoms with Gasteiger partial charge in [-0.2, -0.15) is 0 Å². The second kappa shape index (κ2) is 5.41. The highest BCUT2D eigenvalue weighted by Gasteiger charge is 2.15. The predicted molar refractivity (Wildman–Crippen MR) is 62.5 cm³/mol. The minimum Gasteiger partial charge on any atom is -0.461 e. The van der Waals surface area contributed by atoms with E-state index in [2.05, 4.69) is 20.0 Å². The quantitative estimate of drug-likeness (QED) is 0.845. The Balaban J connectivity index is 2.03. The predicted octanol–water partition coefficient (Wildman–Crippen LogP) is 1.56. The first-order valence-electron chi connectivity index (χ1n) is 5.05. The Morgan fingerprint density at radius 1 is 1.56 bits per heavy atom. The third-order valence-corrected chi connectivity index (χ3v) is 2.63. The van der Waals surface area contributed by atoms with Gasteiger partial charge in [-0.1, -0.05) is 5.16 Å². The van der Waals surface area contributed by atoms with Crippen molar-refractivity contribution >= 4 is 28.3 Å². The highest BCUT2D eigenvalue weighted by Crippen LogP contribution is 2.17. The zero-order valence-corrected chi connectivity index (χ0v) is 10.2. The number of amides is 1. The molecule has 7 nitrogen and oxygen atoms in total. The van der Waals surface area contributed by atoms with Crippen LogP contribution in [0, 0.1) is 0 Å². The number of rotatable bonds is 4. The number of esters is 1. The molecule has 18 heavy (non-hydrogen) atoms. The smallest absolute Gasteiger partial charge is 0.357 e. The average Bonchev–Trinajstić information content (AvgIpc) is 2.99. The molecule has 0 aromatic carbocycles.